The summed E-state index contributed by atoms with van der Waals surface area (Å²) >= 11 is 0. The molecule has 0 aliphatic heterocycles. The van der Waals surface area contributed by atoms with Crippen LogP contribution in [-0.2, 0) is 0 Å². The highest BCUT2D eigenvalue weighted by Gasteiger charge is 2.60. The zero-order valence-corrected chi connectivity index (χ0v) is 13.8. The molecule has 0 saturated heterocycles. The first kappa shape index (κ1) is 15.2. The fourth-order valence-corrected chi connectivity index (χ4v) is 6.60. The molecule has 0 aromatic rings. The van der Waals surface area contributed by atoms with Gasteiger partial charge in [-0.15, -0.1) is 0 Å². The molecule has 0 radical (unpaired) electrons. The second kappa shape index (κ2) is 4.81. The number of aliphatic hydroxyl groups excluding tert-OH is 3. The monoisotopic (exact) mass is 306 g/mol. The summed E-state index contributed by atoms with van der Waals surface area (Å²) < 4.78 is 0. The number of hydrogen-bond acceptors (Lipinski definition) is 3. The van der Waals surface area contributed by atoms with Gasteiger partial charge in [0.05, 0.1) is 18.3 Å². The maximum absolute atomic E-state index is 10.9. The highest BCUT2D eigenvalue weighted by Crippen LogP contribution is 2.64. The Morgan fingerprint density at radius 1 is 0.955 bits per heavy atom. The Hall–Kier alpha value is -0.380. The fourth-order valence-electron chi connectivity index (χ4n) is 6.60. The van der Waals surface area contributed by atoms with Crippen LogP contribution in [-0.4, -0.2) is 33.6 Å². The first-order valence-electron chi connectivity index (χ1n) is 9.11. The van der Waals surface area contributed by atoms with Crippen molar-refractivity contribution in [1.29, 1.82) is 0 Å². The Bertz CT molecular complexity index is 501. The van der Waals surface area contributed by atoms with Gasteiger partial charge in [0.1, 0.15) is 0 Å². The summed E-state index contributed by atoms with van der Waals surface area (Å²) in [6.07, 6.45) is 8.05. The predicted octanol–water partition coefficient (Wildman–Crippen LogP) is 2.64. The van der Waals surface area contributed by atoms with Gasteiger partial charge in [-0.2, -0.15) is 0 Å². The Labute approximate surface area is 133 Å². The molecule has 4 rings (SSSR count). The van der Waals surface area contributed by atoms with E-state index in [9.17, 15) is 15.3 Å². The standard InChI is InChI=1S/C19H30O3/c1-18-7-5-12(20)9-11(18)10-15(21)17-13-3-4-16(22)19(13,2)8-6-14(17)18/h10,12-17,20-22H,3-9H2,1-2H3/t12-,13?,14?,15-,16+,17?,18-,19-/m0/s1. The minimum atomic E-state index is -0.395. The van der Waals surface area contributed by atoms with Crippen LogP contribution in [0.4, 0.5) is 0 Å². The van der Waals surface area contributed by atoms with Crippen LogP contribution >= 0.6 is 0 Å². The molecule has 3 N–H and O–H groups in total. The quantitative estimate of drug-likeness (QED) is 0.603. The molecule has 0 spiro atoms. The van der Waals surface area contributed by atoms with Crippen molar-refractivity contribution in [3.05, 3.63) is 11.6 Å². The van der Waals surface area contributed by atoms with Gasteiger partial charge in [0, 0.05) is 0 Å². The van der Waals surface area contributed by atoms with Crippen LogP contribution in [0.2, 0.25) is 0 Å². The van der Waals surface area contributed by atoms with Crippen LogP contribution in [0.1, 0.15) is 58.8 Å². The number of hydrogen-bond donors (Lipinski definition) is 3. The van der Waals surface area contributed by atoms with Gasteiger partial charge in [-0.3, -0.25) is 0 Å². The predicted molar refractivity (Wildman–Crippen MR) is 85.1 cm³/mol. The molecule has 124 valence electrons. The Kier molecular flexibility index (Phi) is 3.32. The number of fused-ring (bicyclic) bond motifs is 5. The van der Waals surface area contributed by atoms with E-state index in [1.807, 2.05) is 0 Å². The molecule has 0 aromatic carbocycles. The van der Waals surface area contributed by atoms with Crippen molar-refractivity contribution in [1.82, 2.24) is 0 Å². The Balaban J connectivity index is 1.73. The molecule has 4 aliphatic rings. The molecule has 3 fully saturated rings. The maximum atomic E-state index is 10.9. The second-order valence-corrected chi connectivity index (χ2v) is 8.92. The number of aliphatic hydroxyl groups is 3. The summed E-state index contributed by atoms with van der Waals surface area (Å²) in [6.45, 7) is 4.60. The number of rotatable bonds is 0. The molecule has 0 amide bonds. The van der Waals surface area contributed by atoms with Crippen LogP contribution in [0.5, 0.6) is 0 Å². The lowest BCUT2D eigenvalue weighted by atomic mass is 9.47. The second-order valence-electron chi connectivity index (χ2n) is 8.92. The van der Waals surface area contributed by atoms with Crippen LogP contribution < -0.4 is 0 Å². The third kappa shape index (κ3) is 1.85. The average molecular weight is 306 g/mol. The molecule has 0 aromatic heterocycles. The zero-order valence-electron chi connectivity index (χ0n) is 13.8. The molecule has 3 saturated carbocycles. The molecule has 3 heteroatoms. The van der Waals surface area contributed by atoms with Crippen LogP contribution in [0.25, 0.3) is 0 Å². The molecule has 3 unspecified atom stereocenters. The summed E-state index contributed by atoms with van der Waals surface area (Å²) in [5.41, 5.74) is 1.44. The third-order valence-electron chi connectivity index (χ3n) is 8.05. The van der Waals surface area contributed by atoms with E-state index in [4.69, 9.17) is 0 Å². The van der Waals surface area contributed by atoms with E-state index in [1.54, 1.807) is 0 Å². The van der Waals surface area contributed by atoms with Gasteiger partial charge >= 0.3 is 0 Å². The van der Waals surface area contributed by atoms with E-state index in [0.717, 1.165) is 44.9 Å². The maximum Gasteiger partial charge on any atom is 0.0757 e. The lowest BCUT2D eigenvalue weighted by Crippen LogP contribution is -2.55. The minimum Gasteiger partial charge on any atom is -0.393 e. The van der Waals surface area contributed by atoms with E-state index in [0.29, 0.717) is 17.8 Å². The first-order valence-corrected chi connectivity index (χ1v) is 9.11. The van der Waals surface area contributed by atoms with Gasteiger partial charge < -0.3 is 15.3 Å². The molecule has 0 bridgehead atoms. The van der Waals surface area contributed by atoms with E-state index >= 15 is 0 Å². The zero-order chi connectivity index (χ0) is 15.7. The summed E-state index contributed by atoms with van der Waals surface area (Å²) in [7, 11) is 0. The molecule has 3 nitrogen and oxygen atoms in total. The van der Waals surface area contributed by atoms with Gasteiger partial charge in [-0.05, 0) is 73.5 Å². The van der Waals surface area contributed by atoms with Crippen molar-refractivity contribution in [2.75, 3.05) is 0 Å². The molecule has 22 heavy (non-hydrogen) atoms. The Morgan fingerprint density at radius 2 is 1.73 bits per heavy atom. The van der Waals surface area contributed by atoms with Crippen LogP contribution in [0.3, 0.4) is 0 Å². The summed E-state index contributed by atoms with van der Waals surface area (Å²) in [4.78, 5) is 0. The molecule has 4 aliphatic carbocycles. The fraction of sp³-hybridized carbons (Fsp3) is 0.895. The van der Waals surface area contributed by atoms with Gasteiger partial charge in [0.25, 0.3) is 0 Å². The average Bonchev–Trinajstić information content (AvgIpc) is 2.77. The van der Waals surface area contributed by atoms with Gasteiger partial charge in [-0.1, -0.05) is 25.5 Å². The lowest BCUT2D eigenvalue weighted by Gasteiger charge is -2.58. The van der Waals surface area contributed by atoms with Crippen molar-refractivity contribution >= 4 is 0 Å². The van der Waals surface area contributed by atoms with Crippen molar-refractivity contribution in [3.63, 3.8) is 0 Å². The largest absolute Gasteiger partial charge is 0.393 e. The highest BCUT2D eigenvalue weighted by molar-refractivity contribution is 5.27. The highest BCUT2D eigenvalue weighted by atomic mass is 16.3. The van der Waals surface area contributed by atoms with Gasteiger partial charge in [0.2, 0.25) is 0 Å². The van der Waals surface area contributed by atoms with Crippen LogP contribution in [0, 0.1) is 28.6 Å². The minimum absolute atomic E-state index is 0.00195. The van der Waals surface area contributed by atoms with Crippen molar-refractivity contribution in [3.8, 4) is 0 Å². The van der Waals surface area contributed by atoms with Crippen molar-refractivity contribution in [2.45, 2.75) is 77.1 Å². The normalized spacial score (nSPS) is 57.6. The van der Waals surface area contributed by atoms with Crippen LogP contribution in [0.15, 0.2) is 11.6 Å². The van der Waals surface area contributed by atoms with Crippen molar-refractivity contribution in [2.24, 2.45) is 28.6 Å². The Morgan fingerprint density at radius 3 is 2.50 bits per heavy atom. The molecular weight excluding hydrogens is 276 g/mol. The summed E-state index contributed by atoms with van der Waals surface area (Å²) in [6, 6.07) is 0. The van der Waals surface area contributed by atoms with Gasteiger partial charge in [-0.25, -0.2) is 0 Å². The SMILES string of the molecule is C[C@]12CC[C@H](O)CC1=C[C@H](O)C1C2CC[C@@]2(C)C1CC[C@H]2O. The molecule has 8 atom stereocenters. The topological polar surface area (TPSA) is 60.7 Å². The summed E-state index contributed by atoms with van der Waals surface area (Å²) in [5, 5.41) is 31.3. The van der Waals surface area contributed by atoms with Gasteiger partial charge in [0.15, 0.2) is 0 Å². The van der Waals surface area contributed by atoms with E-state index in [1.165, 1.54) is 5.57 Å². The smallest absolute Gasteiger partial charge is 0.0757 e. The van der Waals surface area contributed by atoms with E-state index in [-0.39, 0.29) is 23.0 Å². The van der Waals surface area contributed by atoms with E-state index in [2.05, 4.69) is 19.9 Å². The molecular formula is C19H30O3. The van der Waals surface area contributed by atoms with E-state index < -0.39 is 6.10 Å². The van der Waals surface area contributed by atoms with Crippen molar-refractivity contribution < 1.29 is 15.3 Å². The first-order chi connectivity index (χ1) is 10.4. The summed E-state index contributed by atoms with van der Waals surface area (Å²) in [5.74, 6) is 1.25. The lowest BCUT2D eigenvalue weighted by molar-refractivity contribution is -0.105. The molecule has 0 heterocycles. The third-order valence-corrected chi connectivity index (χ3v) is 8.05.